The van der Waals surface area contributed by atoms with Crippen LogP contribution in [0.4, 0.5) is 13.2 Å². The fourth-order valence-corrected chi connectivity index (χ4v) is 2.24. The molecule has 100 valence electrons. The molecule has 0 saturated heterocycles. The van der Waals surface area contributed by atoms with Gasteiger partial charge < -0.3 is 16.2 Å². The second-order valence-electron chi connectivity index (χ2n) is 4.49. The molecule has 3 atom stereocenters. The van der Waals surface area contributed by atoms with Gasteiger partial charge in [0.05, 0.1) is 0 Å². The number of aliphatic hydroxyl groups is 1. The first kappa shape index (κ1) is 13.3. The molecule has 18 heavy (non-hydrogen) atoms. The fraction of sp³-hybridized carbons (Fsp3) is 0.500. The van der Waals surface area contributed by atoms with Gasteiger partial charge in [-0.1, -0.05) is 24.3 Å². The third-order valence-electron chi connectivity index (χ3n) is 3.20. The molecule has 0 amide bonds. The Bertz CT molecular complexity index is 422. The molecule has 6 heteroatoms. The van der Waals surface area contributed by atoms with Crippen molar-refractivity contribution in [3.8, 4) is 0 Å². The van der Waals surface area contributed by atoms with E-state index < -0.39 is 18.8 Å². The van der Waals surface area contributed by atoms with E-state index in [0.717, 1.165) is 11.1 Å². The molecular weight excluding hydrogens is 245 g/mol. The van der Waals surface area contributed by atoms with E-state index in [-0.39, 0.29) is 12.1 Å². The van der Waals surface area contributed by atoms with Crippen LogP contribution in [0.15, 0.2) is 24.3 Å². The summed E-state index contributed by atoms with van der Waals surface area (Å²) in [5, 5.41) is 11.7. The monoisotopic (exact) mass is 260 g/mol. The first-order valence-electron chi connectivity index (χ1n) is 5.72. The Balaban J connectivity index is 2.01. The predicted octanol–water partition coefficient (Wildman–Crippen LogP) is 1.64. The highest BCUT2D eigenvalue weighted by Crippen LogP contribution is 2.37. The molecule has 0 saturated carbocycles. The van der Waals surface area contributed by atoms with Crippen LogP contribution in [-0.2, 0) is 0 Å². The van der Waals surface area contributed by atoms with Crippen LogP contribution in [0.1, 0.15) is 29.6 Å². The highest BCUT2D eigenvalue weighted by atomic mass is 19.4. The molecule has 0 radical (unpaired) electrons. The summed E-state index contributed by atoms with van der Waals surface area (Å²) in [6, 6.07) is 7.01. The van der Waals surface area contributed by atoms with Crippen molar-refractivity contribution in [2.45, 2.75) is 30.8 Å². The minimum Gasteiger partial charge on any atom is -0.382 e. The first-order valence-corrected chi connectivity index (χ1v) is 5.72. The van der Waals surface area contributed by atoms with Crippen molar-refractivity contribution in [1.82, 2.24) is 5.32 Å². The molecule has 0 bridgehead atoms. The average molecular weight is 260 g/mol. The maximum atomic E-state index is 12.2. The number of nitrogens with one attached hydrogen (secondary N) is 1. The van der Waals surface area contributed by atoms with Gasteiger partial charge in [-0.25, -0.2) is 0 Å². The topological polar surface area (TPSA) is 58.3 Å². The van der Waals surface area contributed by atoms with Gasteiger partial charge in [0.15, 0.2) is 6.10 Å². The molecule has 0 aromatic heterocycles. The summed E-state index contributed by atoms with van der Waals surface area (Å²) >= 11 is 0. The number of fused-ring (bicyclic) bond motifs is 1. The molecular formula is C12H15F3N2O. The average Bonchev–Trinajstić information content (AvgIpc) is 2.63. The van der Waals surface area contributed by atoms with Gasteiger partial charge in [0.2, 0.25) is 0 Å². The lowest BCUT2D eigenvalue weighted by molar-refractivity contribution is -0.202. The summed E-state index contributed by atoms with van der Waals surface area (Å²) in [6.45, 7) is -0.519. The van der Waals surface area contributed by atoms with Crippen LogP contribution >= 0.6 is 0 Å². The molecule has 1 aliphatic carbocycles. The standard InChI is InChI=1S/C12H15F3N2O/c13-12(14,15)11(18)6-17-10-5-9(16)7-3-1-2-4-8(7)10/h1-4,9-11,17-18H,5-6,16H2. The molecule has 1 aliphatic rings. The molecule has 4 N–H and O–H groups in total. The summed E-state index contributed by atoms with van der Waals surface area (Å²) in [5.41, 5.74) is 7.78. The van der Waals surface area contributed by atoms with Crippen LogP contribution in [0, 0.1) is 0 Å². The summed E-state index contributed by atoms with van der Waals surface area (Å²) in [6.07, 6.45) is -6.39. The maximum absolute atomic E-state index is 12.2. The van der Waals surface area contributed by atoms with E-state index in [0.29, 0.717) is 6.42 Å². The Labute approximate surface area is 103 Å². The van der Waals surface area contributed by atoms with E-state index in [1.807, 2.05) is 24.3 Å². The van der Waals surface area contributed by atoms with Crippen molar-refractivity contribution in [2.24, 2.45) is 5.73 Å². The second-order valence-corrected chi connectivity index (χ2v) is 4.49. The molecule has 3 nitrogen and oxygen atoms in total. The van der Waals surface area contributed by atoms with Crippen molar-refractivity contribution in [3.05, 3.63) is 35.4 Å². The smallest absolute Gasteiger partial charge is 0.382 e. The Morgan fingerprint density at radius 3 is 2.56 bits per heavy atom. The van der Waals surface area contributed by atoms with E-state index in [1.54, 1.807) is 0 Å². The number of halogens is 3. The largest absolute Gasteiger partial charge is 0.415 e. The molecule has 0 spiro atoms. The van der Waals surface area contributed by atoms with Gasteiger partial charge in [-0.15, -0.1) is 0 Å². The van der Waals surface area contributed by atoms with E-state index >= 15 is 0 Å². The van der Waals surface area contributed by atoms with Crippen molar-refractivity contribution in [2.75, 3.05) is 6.54 Å². The van der Waals surface area contributed by atoms with Gasteiger partial charge >= 0.3 is 6.18 Å². The summed E-state index contributed by atoms with van der Waals surface area (Å²) in [4.78, 5) is 0. The third-order valence-corrected chi connectivity index (χ3v) is 3.20. The molecule has 3 unspecified atom stereocenters. The number of hydrogen-bond donors (Lipinski definition) is 3. The Morgan fingerprint density at radius 2 is 1.94 bits per heavy atom. The molecule has 0 heterocycles. The lowest BCUT2D eigenvalue weighted by atomic mass is 10.1. The minimum atomic E-state index is -4.59. The first-order chi connectivity index (χ1) is 8.39. The molecule has 1 aromatic rings. The van der Waals surface area contributed by atoms with Crippen molar-refractivity contribution < 1.29 is 18.3 Å². The lowest BCUT2D eigenvalue weighted by Crippen LogP contribution is -2.39. The van der Waals surface area contributed by atoms with Crippen LogP contribution in [0.2, 0.25) is 0 Å². The normalized spacial score (nSPS) is 24.9. The number of hydrogen-bond acceptors (Lipinski definition) is 3. The molecule has 2 rings (SSSR count). The van der Waals surface area contributed by atoms with Crippen molar-refractivity contribution >= 4 is 0 Å². The van der Waals surface area contributed by atoms with Gasteiger partial charge in [-0.05, 0) is 17.5 Å². The van der Waals surface area contributed by atoms with Crippen LogP contribution in [-0.4, -0.2) is 23.9 Å². The summed E-state index contributed by atoms with van der Waals surface area (Å²) < 4.78 is 36.5. The number of nitrogens with two attached hydrogens (primary N) is 1. The predicted molar refractivity (Wildman–Crippen MR) is 60.8 cm³/mol. The Morgan fingerprint density at radius 1 is 1.33 bits per heavy atom. The van der Waals surface area contributed by atoms with Gasteiger partial charge in [0, 0.05) is 18.6 Å². The quantitative estimate of drug-likeness (QED) is 0.774. The fourth-order valence-electron chi connectivity index (χ4n) is 2.24. The van der Waals surface area contributed by atoms with Crippen LogP contribution in [0.25, 0.3) is 0 Å². The zero-order valence-electron chi connectivity index (χ0n) is 9.61. The zero-order valence-corrected chi connectivity index (χ0v) is 9.61. The van der Waals surface area contributed by atoms with E-state index in [4.69, 9.17) is 10.8 Å². The second kappa shape index (κ2) is 4.87. The van der Waals surface area contributed by atoms with Gasteiger partial charge in [0.25, 0.3) is 0 Å². The maximum Gasteiger partial charge on any atom is 0.415 e. The Kier molecular flexibility index (Phi) is 3.61. The summed E-state index contributed by atoms with van der Waals surface area (Å²) in [7, 11) is 0. The van der Waals surface area contributed by atoms with Gasteiger partial charge in [-0.2, -0.15) is 13.2 Å². The van der Waals surface area contributed by atoms with Crippen LogP contribution in [0.5, 0.6) is 0 Å². The highest BCUT2D eigenvalue weighted by Gasteiger charge is 2.39. The molecule has 0 fully saturated rings. The van der Waals surface area contributed by atoms with Crippen molar-refractivity contribution in [3.63, 3.8) is 0 Å². The molecule has 0 aliphatic heterocycles. The number of rotatable bonds is 3. The Hall–Kier alpha value is -1.11. The van der Waals surface area contributed by atoms with Gasteiger partial charge in [-0.3, -0.25) is 0 Å². The van der Waals surface area contributed by atoms with E-state index in [1.165, 1.54) is 0 Å². The van der Waals surface area contributed by atoms with E-state index in [2.05, 4.69) is 5.32 Å². The van der Waals surface area contributed by atoms with Crippen molar-refractivity contribution in [1.29, 1.82) is 0 Å². The summed E-state index contributed by atoms with van der Waals surface area (Å²) in [5.74, 6) is 0. The minimum absolute atomic E-state index is 0.165. The van der Waals surface area contributed by atoms with Gasteiger partial charge in [0.1, 0.15) is 0 Å². The van der Waals surface area contributed by atoms with E-state index in [9.17, 15) is 13.2 Å². The third kappa shape index (κ3) is 2.66. The SMILES string of the molecule is NC1CC(NCC(O)C(F)(F)F)c2ccccc21. The number of alkyl halides is 3. The van der Waals surface area contributed by atoms with Crippen LogP contribution < -0.4 is 11.1 Å². The molecule has 1 aromatic carbocycles. The highest BCUT2D eigenvalue weighted by molar-refractivity contribution is 5.37. The number of benzene rings is 1. The van der Waals surface area contributed by atoms with Crippen LogP contribution in [0.3, 0.4) is 0 Å². The zero-order chi connectivity index (χ0) is 13.3. The lowest BCUT2D eigenvalue weighted by Gasteiger charge is -2.19. The number of aliphatic hydroxyl groups excluding tert-OH is 1.